The minimum absolute atomic E-state index is 0.0885. The highest BCUT2D eigenvalue weighted by Crippen LogP contribution is 2.89. The lowest BCUT2D eigenvalue weighted by molar-refractivity contribution is -0.235. The first-order chi connectivity index (χ1) is 30.7. The highest BCUT2D eigenvalue weighted by Gasteiger charge is 2.84. The van der Waals surface area contributed by atoms with Crippen LogP contribution in [0.5, 0.6) is 0 Å². The van der Waals surface area contributed by atoms with Crippen molar-refractivity contribution in [2.45, 2.75) is 97.7 Å². The van der Waals surface area contributed by atoms with Crippen LogP contribution in [0.3, 0.4) is 0 Å². The molecule has 1 nitrogen and oxygen atoms in total. The van der Waals surface area contributed by atoms with Gasteiger partial charge in [0.15, 0.2) is 0 Å². The molecule has 6 atom stereocenters. The molecule has 2 bridgehead atoms. The molecule has 1 aliphatic heterocycles. The Morgan fingerprint density at radius 2 is 1.02 bits per heavy atom. The predicted molar refractivity (Wildman–Crippen MR) is 260 cm³/mol. The Hall–Kier alpha value is -5.31. The van der Waals surface area contributed by atoms with E-state index in [0.717, 1.165) is 23.7 Å². The van der Waals surface area contributed by atoms with Crippen molar-refractivity contribution < 1.29 is 0 Å². The molecule has 0 aromatic heterocycles. The van der Waals surface area contributed by atoms with E-state index in [1.807, 2.05) is 11.8 Å². The van der Waals surface area contributed by atoms with Crippen molar-refractivity contribution in [1.29, 1.82) is 0 Å². The zero-order chi connectivity index (χ0) is 42.1. The highest BCUT2D eigenvalue weighted by molar-refractivity contribution is 7.99. The topological polar surface area (TPSA) is 3.24 Å². The second-order valence-electron chi connectivity index (χ2n) is 21.9. The van der Waals surface area contributed by atoms with Crippen LogP contribution in [0.25, 0.3) is 11.1 Å². The van der Waals surface area contributed by atoms with Crippen LogP contribution in [-0.4, -0.2) is 0 Å². The van der Waals surface area contributed by atoms with Gasteiger partial charge in [-0.1, -0.05) is 161 Å². The first kappa shape index (κ1) is 37.1. The van der Waals surface area contributed by atoms with Crippen LogP contribution in [0.15, 0.2) is 174 Å². The summed E-state index contributed by atoms with van der Waals surface area (Å²) in [6, 6.07) is 63.9. The van der Waals surface area contributed by atoms with Gasteiger partial charge in [0.2, 0.25) is 0 Å². The van der Waals surface area contributed by atoms with E-state index in [9.17, 15) is 0 Å². The predicted octanol–water partition coefficient (Wildman–Crippen LogP) is 15.7. The molecule has 63 heavy (non-hydrogen) atoms. The summed E-state index contributed by atoms with van der Waals surface area (Å²) >= 11 is 2.03. The molecule has 7 aromatic carbocycles. The van der Waals surface area contributed by atoms with Crippen molar-refractivity contribution in [1.82, 2.24) is 0 Å². The average molecular weight is 834 g/mol. The van der Waals surface area contributed by atoms with Gasteiger partial charge in [-0.25, -0.2) is 0 Å². The van der Waals surface area contributed by atoms with Gasteiger partial charge in [0, 0.05) is 32.3 Å². The van der Waals surface area contributed by atoms with Gasteiger partial charge in [0.05, 0.1) is 5.41 Å². The normalized spacial score (nSPS) is 28.4. The molecule has 4 saturated carbocycles. The third-order valence-electron chi connectivity index (χ3n) is 18.5. The van der Waals surface area contributed by atoms with Crippen LogP contribution in [0, 0.1) is 29.1 Å². The first-order valence-electron chi connectivity index (χ1n) is 23.9. The zero-order valence-corrected chi connectivity index (χ0v) is 37.8. The second-order valence-corrected chi connectivity index (χ2v) is 23.0. The van der Waals surface area contributed by atoms with E-state index in [1.165, 1.54) is 110 Å². The van der Waals surface area contributed by atoms with Crippen molar-refractivity contribution in [3.05, 3.63) is 208 Å². The third kappa shape index (κ3) is 4.52. The summed E-state index contributed by atoms with van der Waals surface area (Å²) in [7, 11) is 0. The van der Waals surface area contributed by atoms with Crippen molar-refractivity contribution in [3.8, 4) is 11.1 Å². The molecule has 0 amide bonds. The summed E-state index contributed by atoms with van der Waals surface area (Å²) in [6.45, 7) is 9.83. The van der Waals surface area contributed by atoms with E-state index in [1.54, 1.807) is 11.1 Å². The summed E-state index contributed by atoms with van der Waals surface area (Å²) in [4.78, 5) is 5.57. The molecule has 0 N–H and O–H groups in total. The average Bonchev–Trinajstić information content (AvgIpc) is 3.94. The van der Waals surface area contributed by atoms with Crippen molar-refractivity contribution in [2.24, 2.45) is 29.1 Å². The second kappa shape index (κ2) is 12.5. The van der Waals surface area contributed by atoms with Crippen LogP contribution in [0.1, 0.15) is 111 Å². The Morgan fingerprint density at radius 3 is 1.75 bits per heavy atom. The summed E-state index contributed by atoms with van der Waals surface area (Å²) < 4.78 is 0. The van der Waals surface area contributed by atoms with Crippen LogP contribution >= 0.6 is 11.8 Å². The number of nitrogens with zero attached hydrogens (tertiary/aromatic N) is 1. The summed E-state index contributed by atoms with van der Waals surface area (Å²) in [6.07, 6.45) is 8.22. The molecule has 4 fully saturated rings. The van der Waals surface area contributed by atoms with E-state index in [2.05, 4.69) is 196 Å². The van der Waals surface area contributed by atoms with Gasteiger partial charge in [-0.15, -0.1) is 0 Å². The third-order valence-corrected chi connectivity index (χ3v) is 19.7. The van der Waals surface area contributed by atoms with Crippen molar-refractivity contribution in [2.75, 3.05) is 4.90 Å². The summed E-state index contributed by atoms with van der Waals surface area (Å²) in [5, 5.41) is 0. The molecule has 2 heteroatoms. The highest BCUT2D eigenvalue weighted by atomic mass is 32.2. The Bertz CT molecular complexity index is 3010. The summed E-state index contributed by atoms with van der Waals surface area (Å²) in [5.74, 6) is 3.47. The molecule has 14 rings (SSSR count). The van der Waals surface area contributed by atoms with Gasteiger partial charge in [-0.3, -0.25) is 0 Å². The molecule has 7 aliphatic rings. The first-order valence-corrected chi connectivity index (χ1v) is 24.7. The Balaban J connectivity index is 1.00. The Morgan fingerprint density at radius 1 is 0.460 bits per heavy atom. The number of hydrogen-bond acceptors (Lipinski definition) is 2. The fourth-order valence-corrected chi connectivity index (χ4v) is 17.2. The van der Waals surface area contributed by atoms with Gasteiger partial charge in [0.1, 0.15) is 0 Å². The van der Waals surface area contributed by atoms with Crippen LogP contribution in [-0.2, 0) is 21.7 Å². The van der Waals surface area contributed by atoms with Crippen LogP contribution in [0.2, 0.25) is 0 Å². The molecule has 2 spiro atoms. The quantitative estimate of drug-likeness (QED) is 0.170. The molecule has 1 heterocycles. The number of benzene rings is 7. The Kier molecular flexibility index (Phi) is 7.35. The van der Waals surface area contributed by atoms with E-state index >= 15 is 0 Å². The van der Waals surface area contributed by atoms with E-state index in [4.69, 9.17) is 0 Å². The maximum atomic E-state index is 2.62. The lowest BCUT2D eigenvalue weighted by atomic mass is 9.26. The SMILES string of the molecule is CC1(C)CCC(C)(C)c2cc(N(c3ccc4c(c3)Sc3ccccc3C43C4CC5CC6CC3C64C5)c3ccc4c(c3)C(c3ccccc3)(c3ccccc3)c3ccccc3-4)ccc21. The standard InChI is InChI=1S/C61H55NS/c1-57(2)29-30-58(3,4)52-35-43(24-27-48(52)57)62(42-23-26-46-45-19-11-12-20-47(45)60(51(46)34-42,39-15-7-5-8-16-39)40-17-9-6-10-18-40)44-25-28-50-54(36-44)63-53-22-14-13-21-49(53)61(50)55-32-38-31-41-33-56(61)59(41,55)37-38/h5-28,34-36,38,41,55-56H,29-33,37H2,1-4H3. The van der Waals surface area contributed by atoms with Gasteiger partial charge in [0.25, 0.3) is 0 Å². The lowest BCUT2D eigenvalue weighted by Gasteiger charge is -2.78. The van der Waals surface area contributed by atoms with Crippen LogP contribution in [0.4, 0.5) is 17.1 Å². The number of rotatable bonds is 5. The van der Waals surface area contributed by atoms with Crippen molar-refractivity contribution in [3.63, 3.8) is 0 Å². The van der Waals surface area contributed by atoms with E-state index in [0.29, 0.717) is 5.41 Å². The monoisotopic (exact) mass is 833 g/mol. The molecule has 0 radical (unpaired) electrons. The molecular weight excluding hydrogens is 779 g/mol. The van der Waals surface area contributed by atoms with Crippen LogP contribution < -0.4 is 4.90 Å². The molecule has 0 saturated heterocycles. The zero-order valence-electron chi connectivity index (χ0n) is 37.0. The van der Waals surface area contributed by atoms with Crippen molar-refractivity contribution >= 4 is 28.8 Å². The maximum absolute atomic E-state index is 2.62. The molecular formula is C61H55NS. The number of hydrogen-bond donors (Lipinski definition) is 0. The van der Waals surface area contributed by atoms with Gasteiger partial charge >= 0.3 is 0 Å². The smallest absolute Gasteiger partial charge is 0.0714 e. The van der Waals surface area contributed by atoms with E-state index in [-0.39, 0.29) is 16.2 Å². The molecule has 310 valence electrons. The maximum Gasteiger partial charge on any atom is 0.0714 e. The van der Waals surface area contributed by atoms with Gasteiger partial charge < -0.3 is 4.90 Å². The van der Waals surface area contributed by atoms with Gasteiger partial charge in [-0.2, -0.15) is 0 Å². The molecule has 6 aliphatic carbocycles. The minimum atomic E-state index is -0.471. The fraction of sp³-hybridized carbons (Fsp3) is 0.311. The number of anilines is 3. The lowest BCUT2D eigenvalue weighted by Crippen LogP contribution is -2.74. The van der Waals surface area contributed by atoms with E-state index < -0.39 is 5.41 Å². The van der Waals surface area contributed by atoms with Gasteiger partial charge in [-0.05, 0) is 177 Å². The molecule has 7 aromatic rings. The largest absolute Gasteiger partial charge is 0.310 e. The summed E-state index contributed by atoms with van der Waals surface area (Å²) in [5.41, 5.74) is 18.4. The minimum Gasteiger partial charge on any atom is -0.310 e. The Labute approximate surface area is 378 Å². The fourth-order valence-electron chi connectivity index (χ4n) is 15.9. The number of fused-ring (bicyclic) bond motifs is 11. The molecule has 6 unspecified atom stereocenters.